The number of nitrogens with one attached hydrogen (secondary N) is 1. The molecule has 4 nitrogen and oxygen atoms in total. The molecule has 0 saturated carbocycles. The van der Waals surface area contributed by atoms with Crippen LogP contribution in [0, 0.1) is 6.92 Å². The number of carbonyl (C=O) groups is 1. The van der Waals surface area contributed by atoms with Gasteiger partial charge in [-0.15, -0.1) is 0 Å². The summed E-state index contributed by atoms with van der Waals surface area (Å²) in [6.07, 6.45) is -0.532. The Morgan fingerprint density at radius 2 is 2.39 bits per heavy atom. The number of rotatable bonds is 3. The van der Waals surface area contributed by atoms with E-state index >= 15 is 0 Å². The predicted octanol–water partition coefficient (Wildman–Crippen LogP) is 1.98. The van der Waals surface area contributed by atoms with Gasteiger partial charge in [0.25, 0.3) is 5.91 Å². The van der Waals surface area contributed by atoms with Crippen LogP contribution < -0.4 is 10.1 Å². The van der Waals surface area contributed by atoms with Crippen LogP contribution in [0.5, 0.6) is 5.75 Å². The number of carbonyl (C=O) groups excluding carboxylic acids is 1. The standard InChI is InChI=1S/C13H16N2O2S/c1-9-4-3-5-11(8-9)17-10(2)12(16)15-13-14-6-7-18-13/h3-5,8,10H,6-7H2,1-2H3,(H,14,15,16). The predicted molar refractivity (Wildman–Crippen MR) is 74.2 cm³/mol. The van der Waals surface area contributed by atoms with Crippen molar-refractivity contribution in [1.29, 1.82) is 0 Å². The van der Waals surface area contributed by atoms with E-state index in [2.05, 4.69) is 10.3 Å². The van der Waals surface area contributed by atoms with Crippen molar-refractivity contribution in [3.8, 4) is 5.75 Å². The second-order valence-corrected chi connectivity index (χ2v) is 5.18. The minimum absolute atomic E-state index is 0.162. The van der Waals surface area contributed by atoms with Crippen LogP contribution in [-0.4, -0.2) is 29.5 Å². The first-order valence-electron chi connectivity index (χ1n) is 5.86. The third-order valence-corrected chi connectivity index (χ3v) is 3.38. The van der Waals surface area contributed by atoms with Crippen LogP contribution in [-0.2, 0) is 4.79 Å². The molecule has 1 atom stereocenters. The molecule has 1 aromatic carbocycles. The summed E-state index contributed by atoms with van der Waals surface area (Å²) >= 11 is 1.56. The van der Waals surface area contributed by atoms with Crippen LogP contribution in [0.1, 0.15) is 12.5 Å². The Labute approximate surface area is 111 Å². The van der Waals surface area contributed by atoms with Gasteiger partial charge in [-0.05, 0) is 31.5 Å². The van der Waals surface area contributed by atoms with Crippen LogP contribution >= 0.6 is 11.8 Å². The summed E-state index contributed by atoms with van der Waals surface area (Å²) in [7, 11) is 0. The topological polar surface area (TPSA) is 50.7 Å². The van der Waals surface area contributed by atoms with Gasteiger partial charge < -0.3 is 10.1 Å². The quantitative estimate of drug-likeness (QED) is 0.908. The van der Waals surface area contributed by atoms with Gasteiger partial charge in [-0.25, -0.2) is 0 Å². The summed E-state index contributed by atoms with van der Waals surface area (Å²) in [6.45, 7) is 4.49. The van der Waals surface area contributed by atoms with Gasteiger partial charge in [0.15, 0.2) is 11.3 Å². The van der Waals surface area contributed by atoms with E-state index < -0.39 is 6.10 Å². The van der Waals surface area contributed by atoms with Crippen molar-refractivity contribution in [2.24, 2.45) is 4.99 Å². The zero-order chi connectivity index (χ0) is 13.0. The number of amidine groups is 1. The Hall–Kier alpha value is -1.49. The molecule has 2 rings (SSSR count). The van der Waals surface area contributed by atoms with Crippen molar-refractivity contribution >= 4 is 22.8 Å². The first kappa shape index (κ1) is 13.0. The molecule has 1 aromatic rings. The highest BCUT2D eigenvalue weighted by molar-refractivity contribution is 8.14. The van der Waals surface area contributed by atoms with Gasteiger partial charge in [-0.2, -0.15) is 0 Å². The largest absolute Gasteiger partial charge is 0.481 e. The number of aryl methyl sites for hydroxylation is 1. The van der Waals surface area contributed by atoms with Gasteiger partial charge in [0, 0.05) is 5.75 Å². The van der Waals surface area contributed by atoms with Crippen LogP contribution in [0.3, 0.4) is 0 Å². The number of benzene rings is 1. The van der Waals surface area contributed by atoms with Crippen LogP contribution in [0.15, 0.2) is 29.3 Å². The lowest BCUT2D eigenvalue weighted by atomic mass is 10.2. The van der Waals surface area contributed by atoms with E-state index in [0.29, 0.717) is 10.9 Å². The number of amides is 1. The van der Waals surface area contributed by atoms with Crippen molar-refractivity contribution in [1.82, 2.24) is 5.32 Å². The van der Waals surface area contributed by atoms with E-state index in [1.807, 2.05) is 31.2 Å². The molecule has 1 N–H and O–H groups in total. The summed E-state index contributed by atoms with van der Waals surface area (Å²) < 4.78 is 5.59. The van der Waals surface area contributed by atoms with Gasteiger partial charge in [0.1, 0.15) is 5.75 Å². The van der Waals surface area contributed by atoms with Crippen molar-refractivity contribution in [2.75, 3.05) is 12.3 Å². The highest BCUT2D eigenvalue weighted by Crippen LogP contribution is 2.15. The monoisotopic (exact) mass is 264 g/mol. The van der Waals surface area contributed by atoms with Gasteiger partial charge >= 0.3 is 0 Å². The zero-order valence-corrected chi connectivity index (χ0v) is 11.3. The van der Waals surface area contributed by atoms with Crippen molar-refractivity contribution in [3.63, 3.8) is 0 Å². The minimum Gasteiger partial charge on any atom is -0.481 e. The highest BCUT2D eigenvalue weighted by atomic mass is 32.2. The number of aliphatic imine (C=N–C) groups is 1. The second kappa shape index (κ2) is 5.91. The van der Waals surface area contributed by atoms with Crippen molar-refractivity contribution in [3.05, 3.63) is 29.8 Å². The molecule has 0 saturated heterocycles. The first-order chi connectivity index (χ1) is 8.65. The summed E-state index contributed by atoms with van der Waals surface area (Å²) in [5.74, 6) is 1.48. The summed E-state index contributed by atoms with van der Waals surface area (Å²) in [6, 6.07) is 7.65. The van der Waals surface area contributed by atoms with E-state index in [0.717, 1.165) is 17.9 Å². The van der Waals surface area contributed by atoms with E-state index in [9.17, 15) is 4.79 Å². The normalized spacial score (nSPS) is 16.0. The van der Waals surface area contributed by atoms with E-state index in [1.165, 1.54) is 0 Å². The fourth-order valence-electron chi connectivity index (χ4n) is 1.56. The fraction of sp³-hybridized carbons (Fsp3) is 0.385. The molecule has 0 radical (unpaired) electrons. The molecule has 1 aliphatic heterocycles. The number of hydrogen-bond acceptors (Lipinski definition) is 4. The molecule has 1 aliphatic rings. The number of nitrogens with zero attached hydrogens (tertiary/aromatic N) is 1. The maximum absolute atomic E-state index is 11.9. The van der Waals surface area contributed by atoms with E-state index in [4.69, 9.17) is 4.74 Å². The lowest BCUT2D eigenvalue weighted by Gasteiger charge is -2.14. The third kappa shape index (κ3) is 3.50. The van der Waals surface area contributed by atoms with Gasteiger partial charge in [0.2, 0.25) is 0 Å². The second-order valence-electron chi connectivity index (χ2n) is 4.10. The maximum Gasteiger partial charge on any atom is 0.266 e. The van der Waals surface area contributed by atoms with Crippen LogP contribution in [0.25, 0.3) is 0 Å². The average Bonchev–Trinajstić information content (AvgIpc) is 2.81. The zero-order valence-electron chi connectivity index (χ0n) is 10.5. The molecule has 96 valence electrons. The molecular weight excluding hydrogens is 248 g/mol. The minimum atomic E-state index is -0.532. The SMILES string of the molecule is Cc1cccc(OC(C)C(=O)NC2=NCCS2)c1. The Kier molecular flexibility index (Phi) is 4.25. The summed E-state index contributed by atoms with van der Waals surface area (Å²) in [5, 5.41) is 3.46. The highest BCUT2D eigenvalue weighted by Gasteiger charge is 2.18. The maximum atomic E-state index is 11.9. The van der Waals surface area contributed by atoms with E-state index in [-0.39, 0.29) is 5.91 Å². The molecule has 0 fully saturated rings. The van der Waals surface area contributed by atoms with Crippen molar-refractivity contribution in [2.45, 2.75) is 20.0 Å². The molecule has 1 amide bonds. The van der Waals surface area contributed by atoms with Gasteiger partial charge in [-0.1, -0.05) is 23.9 Å². The lowest BCUT2D eigenvalue weighted by molar-refractivity contribution is -0.125. The fourth-order valence-corrected chi connectivity index (χ4v) is 2.30. The molecular formula is C13H16N2O2S. The molecule has 1 unspecified atom stereocenters. The smallest absolute Gasteiger partial charge is 0.266 e. The van der Waals surface area contributed by atoms with Crippen molar-refractivity contribution < 1.29 is 9.53 Å². The molecule has 0 bridgehead atoms. The van der Waals surface area contributed by atoms with Gasteiger partial charge in [-0.3, -0.25) is 9.79 Å². The van der Waals surface area contributed by atoms with Crippen LogP contribution in [0.2, 0.25) is 0 Å². The Bertz CT molecular complexity index is 474. The van der Waals surface area contributed by atoms with E-state index in [1.54, 1.807) is 18.7 Å². The Balaban J connectivity index is 1.90. The third-order valence-electron chi connectivity index (χ3n) is 2.49. The first-order valence-corrected chi connectivity index (χ1v) is 6.85. The number of ether oxygens (including phenoxy) is 1. The van der Waals surface area contributed by atoms with Crippen LogP contribution in [0.4, 0.5) is 0 Å². The molecule has 0 aromatic heterocycles. The molecule has 5 heteroatoms. The lowest BCUT2D eigenvalue weighted by Crippen LogP contribution is -2.38. The Morgan fingerprint density at radius 3 is 3.06 bits per heavy atom. The Morgan fingerprint density at radius 1 is 1.56 bits per heavy atom. The summed E-state index contributed by atoms with van der Waals surface area (Å²) in [5.41, 5.74) is 1.11. The molecule has 1 heterocycles. The molecule has 0 aliphatic carbocycles. The number of hydrogen-bond donors (Lipinski definition) is 1. The van der Waals surface area contributed by atoms with Gasteiger partial charge in [0.05, 0.1) is 6.54 Å². The summed E-state index contributed by atoms with van der Waals surface area (Å²) in [4.78, 5) is 16.0. The molecule has 18 heavy (non-hydrogen) atoms. The number of thioether (sulfide) groups is 1. The average molecular weight is 264 g/mol. The molecule has 0 spiro atoms.